The number of aryl methyl sites for hydroxylation is 1. The number of nitrogens with zero attached hydrogens (tertiary/aromatic N) is 4. The van der Waals surface area contributed by atoms with E-state index in [4.69, 9.17) is 0 Å². The highest BCUT2D eigenvalue weighted by molar-refractivity contribution is 5.84. The maximum absolute atomic E-state index is 13.0. The van der Waals surface area contributed by atoms with Gasteiger partial charge in [-0.1, -0.05) is 43.2 Å². The standard InChI is InChI=1S/C28H30N4O/c1-20-13-26(11-12-29-20)32-28-19-30-25(15-24(28)18-31-32)17-27(33)16-23-10-6-5-9-22(23)14-21-7-3-2-4-8-21/h2-4,7-8,11-13,15,18-19,22-23H,5-6,9-10,14,16-17H2,1H3/t22-,23+/m0/s1. The minimum absolute atomic E-state index is 0.295. The van der Waals surface area contributed by atoms with Gasteiger partial charge in [0.25, 0.3) is 0 Å². The molecular weight excluding hydrogens is 408 g/mol. The van der Waals surface area contributed by atoms with Gasteiger partial charge in [0.2, 0.25) is 0 Å². The Labute approximate surface area is 194 Å². The number of fused-ring (bicyclic) bond motifs is 1. The molecule has 1 aromatic carbocycles. The van der Waals surface area contributed by atoms with Crippen molar-refractivity contribution < 1.29 is 4.79 Å². The van der Waals surface area contributed by atoms with E-state index in [1.165, 1.54) is 24.8 Å². The summed E-state index contributed by atoms with van der Waals surface area (Å²) in [7, 11) is 0. The van der Waals surface area contributed by atoms with Gasteiger partial charge in [0, 0.05) is 35.8 Å². The first-order valence-electron chi connectivity index (χ1n) is 12.0. The summed E-state index contributed by atoms with van der Waals surface area (Å²) >= 11 is 0. The first-order valence-corrected chi connectivity index (χ1v) is 12.0. The molecule has 0 bridgehead atoms. The monoisotopic (exact) mass is 438 g/mol. The summed E-state index contributed by atoms with van der Waals surface area (Å²) in [5, 5.41) is 5.54. The fourth-order valence-corrected chi connectivity index (χ4v) is 5.24. The van der Waals surface area contributed by atoms with Crippen molar-refractivity contribution in [2.75, 3.05) is 0 Å². The van der Waals surface area contributed by atoms with Crippen LogP contribution in [0, 0.1) is 18.8 Å². The average molecular weight is 439 g/mol. The molecule has 0 radical (unpaired) electrons. The molecule has 2 atom stereocenters. The molecule has 5 rings (SSSR count). The lowest BCUT2D eigenvalue weighted by Gasteiger charge is -2.31. The Kier molecular flexibility index (Phi) is 6.29. The van der Waals surface area contributed by atoms with Crippen molar-refractivity contribution >= 4 is 16.7 Å². The first kappa shape index (κ1) is 21.5. The summed E-state index contributed by atoms with van der Waals surface area (Å²) in [6, 6.07) is 16.6. The van der Waals surface area contributed by atoms with E-state index in [1.54, 1.807) is 6.20 Å². The Bertz CT molecular complexity index is 1250. The molecule has 5 heteroatoms. The molecule has 0 unspecified atom stereocenters. The minimum atomic E-state index is 0.295. The number of hydrogen-bond donors (Lipinski definition) is 0. The molecule has 0 aliphatic heterocycles. The van der Waals surface area contributed by atoms with Gasteiger partial charge in [0.1, 0.15) is 5.78 Å². The van der Waals surface area contributed by atoms with E-state index in [9.17, 15) is 4.79 Å². The molecule has 4 aromatic rings. The van der Waals surface area contributed by atoms with Crippen molar-refractivity contribution in [3.05, 3.63) is 84.1 Å². The molecule has 0 spiro atoms. The van der Waals surface area contributed by atoms with Gasteiger partial charge in [-0.3, -0.25) is 14.8 Å². The number of carbonyl (C=O) groups excluding carboxylic acids is 1. The van der Waals surface area contributed by atoms with Crippen LogP contribution in [0.25, 0.3) is 16.6 Å². The van der Waals surface area contributed by atoms with Gasteiger partial charge >= 0.3 is 0 Å². The fourth-order valence-electron chi connectivity index (χ4n) is 5.24. The zero-order chi connectivity index (χ0) is 22.6. The highest BCUT2D eigenvalue weighted by atomic mass is 16.1. The van der Waals surface area contributed by atoms with Crippen molar-refractivity contribution in [3.63, 3.8) is 0 Å². The summed E-state index contributed by atoms with van der Waals surface area (Å²) in [5.41, 5.74) is 5.06. The number of rotatable bonds is 7. The Morgan fingerprint density at radius 1 is 1.00 bits per heavy atom. The van der Waals surface area contributed by atoms with Gasteiger partial charge in [-0.2, -0.15) is 5.10 Å². The molecular formula is C28H30N4O. The largest absolute Gasteiger partial charge is 0.299 e. The quantitative estimate of drug-likeness (QED) is 0.373. The van der Waals surface area contributed by atoms with Gasteiger partial charge in [-0.15, -0.1) is 0 Å². The van der Waals surface area contributed by atoms with Gasteiger partial charge < -0.3 is 0 Å². The number of pyridine rings is 2. The number of ketones is 1. The van der Waals surface area contributed by atoms with Crippen LogP contribution < -0.4 is 0 Å². The summed E-state index contributed by atoms with van der Waals surface area (Å²) < 4.78 is 1.87. The summed E-state index contributed by atoms with van der Waals surface area (Å²) in [4.78, 5) is 21.9. The van der Waals surface area contributed by atoms with Gasteiger partial charge in [-0.05, 0) is 61.8 Å². The summed E-state index contributed by atoms with van der Waals surface area (Å²) in [5.74, 6) is 1.37. The number of benzene rings is 1. The van der Waals surface area contributed by atoms with Crippen LogP contribution in [0.2, 0.25) is 0 Å². The van der Waals surface area contributed by atoms with Crippen LogP contribution in [-0.4, -0.2) is 25.5 Å². The van der Waals surface area contributed by atoms with Gasteiger partial charge in [-0.25, -0.2) is 4.68 Å². The van der Waals surface area contributed by atoms with Gasteiger partial charge in [0.05, 0.1) is 23.6 Å². The van der Waals surface area contributed by atoms with Crippen LogP contribution in [0.15, 0.2) is 67.1 Å². The molecule has 5 nitrogen and oxygen atoms in total. The van der Waals surface area contributed by atoms with E-state index >= 15 is 0 Å². The fraction of sp³-hybridized carbons (Fsp3) is 0.357. The van der Waals surface area contributed by atoms with Crippen molar-refractivity contribution in [1.82, 2.24) is 19.7 Å². The van der Waals surface area contributed by atoms with E-state index in [0.29, 0.717) is 30.5 Å². The second-order valence-corrected chi connectivity index (χ2v) is 9.36. The molecule has 1 aliphatic rings. The van der Waals surface area contributed by atoms with Crippen LogP contribution in [0.3, 0.4) is 0 Å². The van der Waals surface area contributed by atoms with Crippen LogP contribution in [0.4, 0.5) is 0 Å². The second kappa shape index (κ2) is 9.65. The van der Waals surface area contributed by atoms with Crippen LogP contribution in [-0.2, 0) is 17.6 Å². The topological polar surface area (TPSA) is 60.7 Å². The molecule has 3 heterocycles. The molecule has 168 valence electrons. The smallest absolute Gasteiger partial charge is 0.139 e. The molecule has 0 saturated heterocycles. The third-order valence-electron chi connectivity index (χ3n) is 6.91. The summed E-state index contributed by atoms with van der Waals surface area (Å²) in [6.07, 6.45) is 12.5. The molecule has 1 fully saturated rings. The predicted octanol–water partition coefficient (Wildman–Crippen LogP) is 5.67. The zero-order valence-electron chi connectivity index (χ0n) is 19.2. The molecule has 33 heavy (non-hydrogen) atoms. The van der Waals surface area contributed by atoms with Crippen LogP contribution >= 0.6 is 0 Å². The zero-order valence-corrected chi connectivity index (χ0v) is 19.2. The lowest BCUT2D eigenvalue weighted by atomic mass is 9.74. The Balaban J connectivity index is 1.26. The van der Waals surface area contributed by atoms with E-state index in [0.717, 1.165) is 40.8 Å². The third-order valence-corrected chi connectivity index (χ3v) is 6.91. The van der Waals surface area contributed by atoms with E-state index < -0.39 is 0 Å². The number of Topliss-reactive ketones (excluding diaryl/α,β-unsaturated/α-hetero) is 1. The first-order chi connectivity index (χ1) is 16.2. The van der Waals surface area contributed by atoms with Crippen molar-refractivity contribution in [2.45, 2.75) is 51.9 Å². The Morgan fingerprint density at radius 3 is 2.64 bits per heavy atom. The molecule has 1 aliphatic carbocycles. The summed E-state index contributed by atoms with van der Waals surface area (Å²) in [6.45, 7) is 1.97. The normalized spacial score (nSPS) is 18.5. The van der Waals surface area contributed by atoms with Crippen molar-refractivity contribution in [2.24, 2.45) is 11.8 Å². The highest BCUT2D eigenvalue weighted by Crippen LogP contribution is 2.35. The minimum Gasteiger partial charge on any atom is -0.299 e. The number of hydrogen-bond acceptors (Lipinski definition) is 4. The Morgan fingerprint density at radius 2 is 1.82 bits per heavy atom. The third kappa shape index (κ3) is 5.03. The average Bonchev–Trinajstić information content (AvgIpc) is 3.24. The highest BCUT2D eigenvalue weighted by Gasteiger charge is 2.27. The maximum Gasteiger partial charge on any atom is 0.139 e. The molecule has 0 amide bonds. The van der Waals surface area contributed by atoms with E-state index in [1.807, 2.05) is 42.2 Å². The lowest BCUT2D eigenvalue weighted by Crippen LogP contribution is -2.25. The lowest BCUT2D eigenvalue weighted by molar-refractivity contribution is -0.120. The van der Waals surface area contributed by atoms with Crippen molar-refractivity contribution in [3.8, 4) is 5.69 Å². The van der Waals surface area contributed by atoms with Crippen molar-refractivity contribution in [1.29, 1.82) is 0 Å². The van der Waals surface area contributed by atoms with Crippen LogP contribution in [0.1, 0.15) is 49.1 Å². The van der Waals surface area contributed by atoms with Crippen LogP contribution in [0.5, 0.6) is 0 Å². The van der Waals surface area contributed by atoms with E-state index in [-0.39, 0.29) is 0 Å². The number of aromatic nitrogens is 4. The molecule has 3 aromatic heterocycles. The molecule has 1 saturated carbocycles. The SMILES string of the molecule is Cc1cc(-n2ncc3cc(CC(=O)C[C@H]4CCCC[C@H]4Cc4ccccc4)ncc32)ccn1. The Hall–Kier alpha value is -3.34. The second-order valence-electron chi connectivity index (χ2n) is 9.36. The van der Waals surface area contributed by atoms with E-state index in [2.05, 4.69) is 45.4 Å². The maximum atomic E-state index is 13.0. The predicted molar refractivity (Wildman–Crippen MR) is 130 cm³/mol. The van der Waals surface area contributed by atoms with Gasteiger partial charge in [0.15, 0.2) is 0 Å². The number of carbonyl (C=O) groups is 1. The molecule has 0 N–H and O–H groups in total.